The van der Waals surface area contributed by atoms with Gasteiger partial charge in [-0.15, -0.1) is 5.10 Å². The molecule has 1 aliphatic heterocycles. The van der Waals surface area contributed by atoms with Gasteiger partial charge in [-0.25, -0.2) is 9.67 Å². The lowest BCUT2D eigenvalue weighted by atomic mass is 10.3. The van der Waals surface area contributed by atoms with Crippen LogP contribution in [0.15, 0.2) is 42.7 Å². The third kappa shape index (κ3) is 3.12. The highest BCUT2D eigenvalue weighted by atomic mass is 15.4. The van der Waals surface area contributed by atoms with Crippen LogP contribution in [0.1, 0.15) is 18.5 Å². The number of aryl methyl sites for hydroxylation is 3. The molecule has 0 aliphatic carbocycles. The van der Waals surface area contributed by atoms with E-state index in [2.05, 4.69) is 42.0 Å². The van der Waals surface area contributed by atoms with Crippen LogP contribution in [0.3, 0.4) is 0 Å². The maximum absolute atomic E-state index is 4.78. The molecule has 0 radical (unpaired) electrons. The van der Waals surface area contributed by atoms with Gasteiger partial charge in [0.15, 0.2) is 5.82 Å². The second-order valence-corrected chi connectivity index (χ2v) is 6.87. The zero-order valence-electron chi connectivity index (χ0n) is 15.1. The number of hydrogen-bond acceptors (Lipinski definition) is 5. The van der Waals surface area contributed by atoms with E-state index in [4.69, 9.17) is 5.10 Å². The number of para-hydroxylation sites is 1. The average molecular weight is 362 g/mol. The second-order valence-electron chi connectivity index (χ2n) is 6.87. The van der Waals surface area contributed by atoms with Crippen LogP contribution in [0.4, 0.5) is 0 Å². The molecule has 0 saturated carbocycles. The minimum Gasteiger partial charge on any atom is -0.330 e. The lowest BCUT2D eigenvalue weighted by Gasteiger charge is -2.07. The Morgan fingerprint density at radius 2 is 2.11 bits per heavy atom. The largest absolute Gasteiger partial charge is 0.330 e. The van der Waals surface area contributed by atoms with Gasteiger partial charge in [-0.2, -0.15) is 5.10 Å². The maximum atomic E-state index is 4.78. The Balaban J connectivity index is 1.31. The maximum Gasteiger partial charge on any atom is 0.160 e. The summed E-state index contributed by atoms with van der Waals surface area (Å²) in [4.78, 5) is 4.55. The molecule has 3 aromatic heterocycles. The van der Waals surface area contributed by atoms with Crippen LogP contribution in [0.5, 0.6) is 0 Å². The second kappa shape index (κ2) is 6.96. The van der Waals surface area contributed by atoms with E-state index in [1.807, 2.05) is 35.3 Å². The summed E-state index contributed by atoms with van der Waals surface area (Å²) in [5.41, 5.74) is 4.19. The van der Waals surface area contributed by atoms with Gasteiger partial charge < -0.3 is 9.88 Å². The van der Waals surface area contributed by atoms with Crippen molar-refractivity contribution in [1.82, 2.24) is 39.6 Å². The van der Waals surface area contributed by atoms with Crippen molar-refractivity contribution in [3.05, 3.63) is 48.4 Å². The van der Waals surface area contributed by atoms with Gasteiger partial charge in [0.2, 0.25) is 0 Å². The van der Waals surface area contributed by atoms with E-state index < -0.39 is 0 Å². The first-order valence-electron chi connectivity index (χ1n) is 9.46. The van der Waals surface area contributed by atoms with Crippen molar-refractivity contribution in [3.8, 4) is 11.5 Å². The molecule has 0 unspecified atom stereocenters. The normalized spacial score (nSPS) is 14.4. The third-order valence-electron chi connectivity index (χ3n) is 5.03. The molecule has 0 spiro atoms. The van der Waals surface area contributed by atoms with E-state index in [9.17, 15) is 0 Å². The molecule has 138 valence electrons. The van der Waals surface area contributed by atoms with E-state index in [-0.39, 0.29) is 0 Å². The zero-order chi connectivity index (χ0) is 18.1. The molecule has 1 aliphatic rings. The summed E-state index contributed by atoms with van der Waals surface area (Å²) in [5, 5.41) is 16.7. The van der Waals surface area contributed by atoms with Gasteiger partial charge >= 0.3 is 0 Å². The highest BCUT2D eigenvalue weighted by Gasteiger charge is 2.15. The number of rotatable bonds is 5. The molecular formula is C19H22N8. The summed E-state index contributed by atoms with van der Waals surface area (Å²) in [6, 6.07) is 10.2. The lowest BCUT2D eigenvalue weighted by Crippen LogP contribution is -2.11. The fourth-order valence-corrected chi connectivity index (χ4v) is 3.67. The third-order valence-corrected chi connectivity index (χ3v) is 5.03. The fourth-order valence-electron chi connectivity index (χ4n) is 3.67. The Morgan fingerprint density at radius 3 is 3.11 bits per heavy atom. The number of aromatic nitrogens is 7. The molecule has 27 heavy (non-hydrogen) atoms. The topological polar surface area (TPSA) is 78.4 Å². The van der Waals surface area contributed by atoms with E-state index in [1.54, 1.807) is 0 Å². The molecule has 0 amide bonds. The van der Waals surface area contributed by atoms with Gasteiger partial charge in [-0.05, 0) is 37.6 Å². The molecule has 5 rings (SSSR count). The van der Waals surface area contributed by atoms with Crippen LogP contribution in [0.2, 0.25) is 0 Å². The number of benzene rings is 1. The summed E-state index contributed by atoms with van der Waals surface area (Å²) in [5.74, 6) is 0.930. The first-order valence-corrected chi connectivity index (χ1v) is 9.46. The minimum atomic E-state index is 0.821. The fraction of sp³-hybridized carbons (Fsp3) is 0.368. The van der Waals surface area contributed by atoms with Crippen LogP contribution in [-0.4, -0.2) is 40.9 Å². The van der Waals surface area contributed by atoms with Crippen LogP contribution in [0.25, 0.3) is 22.6 Å². The molecule has 1 N–H and O–H groups in total. The minimum absolute atomic E-state index is 0.821. The Kier molecular flexibility index (Phi) is 4.17. The zero-order valence-corrected chi connectivity index (χ0v) is 15.1. The standard InChI is InChI=1S/C19H22N8/c1-2-6-18-16(5-1)22-24-27(18)11-4-9-25-12-8-21-19(25)17-13-15-14-20-7-3-10-26(15)23-17/h1-2,5-6,8,12-13,20H,3-4,7,9-11,14H2. The van der Waals surface area contributed by atoms with Crippen molar-refractivity contribution in [1.29, 1.82) is 0 Å². The van der Waals surface area contributed by atoms with Gasteiger partial charge in [0.25, 0.3) is 0 Å². The molecule has 0 atom stereocenters. The molecule has 0 fully saturated rings. The molecule has 4 heterocycles. The van der Waals surface area contributed by atoms with E-state index in [0.29, 0.717) is 0 Å². The molecule has 4 aromatic rings. The highest BCUT2D eigenvalue weighted by Crippen LogP contribution is 2.19. The molecule has 0 saturated heterocycles. The molecule has 8 nitrogen and oxygen atoms in total. The highest BCUT2D eigenvalue weighted by molar-refractivity contribution is 5.73. The van der Waals surface area contributed by atoms with Crippen LogP contribution in [0, 0.1) is 0 Å². The predicted molar refractivity (Wildman–Crippen MR) is 102 cm³/mol. The monoisotopic (exact) mass is 362 g/mol. The van der Waals surface area contributed by atoms with Crippen LogP contribution < -0.4 is 5.32 Å². The van der Waals surface area contributed by atoms with E-state index in [1.165, 1.54) is 5.69 Å². The number of hydrogen-bond donors (Lipinski definition) is 1. The van der Waals surface area contributed by atoms with Gasteiger partial charge in [0.05, 0.1) is 11.2 Å². The number of imidazole rings is 1. The molecule has 8 heteroatoms. The quantitative estimate of drug-likeness (QED) is 0.588. The summed E-state index contributed by atoms with van der Waals surface area (Å²) in [7, 11) is 0. The van der Waals surface area contributed by atoms with Crippen molar-refractivity contribution in [3.63, 3.8) is 0 Å². The Bertz CT molecular complexity index is 1030. The Morgan fingerprint density at radius 1 is 1.15 bits per heavy atom. The van der Waals surface area contributed by atoms with Gasteiger partial charge in [0.1, 0.15) is 11.2 Å². The summed E-state index contributed by atoms with van der Waals surface area (Å²) in [6.45, 7) is 4.56. The Labute approximate surface area is 156 Å². The number of fused-ring (bicyclic) bond motifs is 2. The summed E-state index contributed by atoms with van der Waals surface area (Å²) < 4.78 is 6.25. The number of nitrogens with zero attached hydrogens (tertiary/aromatic N) is 7. The van der Waals surface area contributed by atoms with Crippen molar-refractivity contribution in [2.75, 3.05) is 6.54 Å². The van der Waals surface area contributed by atoms with E-state index >= 15 is 0 Å². The van der Waals surface area contributed by atoms with Crippen molar-refractivity contribution < 1.29 is 0 Å². The average Bonchev–Trinajstić information content (AvgIpc) is 3.38. The van der Waals surface area contributed by atoms with Crippen LogP contribution >= 0.6 is 0 Å². The molecule has 0 bridgehead atoms. The predicted octanol–water partition coefficient (Wildman–Crippen LogP) is 2.07. The van der Waals surface area contributed by atoms with Gasteiger partial charge in [-0.3, -0.25) is 4.68 Å². The lowest BCUT2D eigenvalue weighted by molar-refractivity contribution is 0.526. The van der Waals surface area contributed by atoms with E-state index in [0.717, 1.165) is 68.1 Å². The van der Waals surface area contributed by atoms with Crippen molar-refractivity contribution in [2.24, 2.45) is 0 Å². The number of nitrogens with one attached hydrogen (secondary N) is 1. The van der Waals surface area contributed by atoms with Crippen molar-refractivity contribution in [2.45, 2.75) is 39.0 Å². The molecule has 1 aromatic carbocycles. The smallest absolute Gasteiger partial charge is 0.160 e. The molecular weight excluding hydrogens is 340 g/mol. The summed E-state index contributed by atoms with van der Waals surface area (Å²) in [6.07, 6.45) is 5.93. The Hall–Kier alpha value is -3.00. The van der Waals surface area contributed by atoms with Crippen LogP contribution in [-0.2, 0) is 26.2 Å². The van der Waals surface area contributed by atoms with Gasteiger partial charge in [0, 0.05) is 38.6 Å². The first kappa shape index (κ1) is 16.2. The SMILES string of the molecule is c1ccc2c(c1)nnn2CCCn1ccnc1-c1cc2n(n1)CCCNC2. The first-order chi connectivity index (χ1) is 13.4. The van der Waals surface area contributed by atoms with Gasteiger partial charge in [-0.1, -0.05) is 17.3 Å². The summed E-state index contributed by atoms with van der Waals surface area (Å²) >= 11 is 0. The van der Waals surface area contributed by atoms with Crippen molar-refractivity contribution >= 4 is 11.0 Å².